The summed E-state index contributed by atoms with van der Waals surface area (Å²) in [6, 6.07) is 12.4. The number of hydrogen-bond acceptors (Lipinski definition) is 5. The van der Waals surface area contributed by atoms with Crippen molar-refractivity contribution in [3.63, 3.8) is 0 Å². The van der Waals surface area contributed by atoms with E-state index in [0.29, 0.717) is 32.8 Å². The Morgan fingerprint density at radius 1 is 0.929 bits per heavy atom. The van der Waals surface area contributed by atoms with Crippen LogP contribution in [0, 0.1) is 0 Å². The average molecular weight is 418 g/mol. The van der Waals surface area contributed by atoms with Crippen molar-refractivity contribution in [3.8, 4) is 11.3 Å². The van der Waals surface area contributed by atoms with Crippen LogP contribution in [0.4, 0.5) is 0 Å². The lowest BCUT2D eigenvalue weighted by molar-refractivity contribution is 0.146. The molecule has 0 atom stereocenters. The lowest BCUT2D eigenvalue weighted by Gasteiger charge is -2.34. The number of nitrogens with zero attached hydrogens (tertiary/aromatic N) is 5. The van der Waals surface area contributed by atoms with E-state index in [1.807, 2.05) is 22.9 Å². The molecule has 0 N–H and O–H groups in total. The van der Waals surface area contributed by atoms with Gasteiger partial charge in [0.15, 0.2) is 0 Å². The highest BCUT2D eigenvalue weighted by Gasteiger charge is 2.30. The van der Waals surface area contributed by atoms with Gasteiger partial charge in [-0.25, -0.2) is 8.42 Å². The summed E-state index contributed by atoms with van der Waals surface area (Å²) in [4.78, 5) is 6.41. The Hall–Kier alpha value is -2.26. The van der Waals surface area contributed by atoms with E-state index in [0.717, 1.165) is 11.3 Å². The van der Waals surface area contributed by atoms with Crippen LogP contribution in [0.15, 0.2) is 66.0 Å². The van der Waals surface area contributed by atoms with Gasteiger partial charge in [-0.2, -0.15) is 9.40 Å². The normalized spacial score (nSPS) is 16.3. The molecule has 0 bridgehead atoms. The van der Waals surface area contributed by atoms with E-state index in [4.69, 9.17) is 11.6 Å². The molecule has 2 aromatic heterocycles. The van der Waals surface area contributed by atoms with Crippen LogP contribution in [0.1, 0.15) is 0 Å². The third-order valence-electron chi connectivity index (χ3n) is 4.81. The van der Waals surface area contributed by atoms with Crippen molar-refractivity contribution in [1.29, 1.82) is 0 Å². The van der Waals surface area contributed by atoms with Crippen LogP contribution in [-0.2, 0) is 16.7 Å². The zero-order valence-electron chi connectivity index (χ0n) is 15.1. The van der Waals surface area contributed by atoms with Crippen molar-refractivity contribution in [1.82, 2.24) is 24.0 Å². The van der Waals surface area contributed by atoms with Crippen LogP contribution in [0.3, 0.4) is 0 Å². The molecule has 0 unspecified atom stereocenters. The molecule has 0 aliphatic carbocycles. The summed E-state index contributed by atoms with van der Waals surface area (Å²) in [6.45, 7) is 2.68. The smallest absolute Gasteiger partial charge is 0.244 e. The number of piperazine rings is 1. The molecule has 9 heteroatoms. The van der Waals surface area contributed by atoms with Gasteiger partial charge in [0.05, 0.1) is 17.4 Å². The first-order valence-corrected chi connectivity index (χ1v) is 10.8. The molecule has 3 aromatic rings. The SMILES string of the molecule is O=S(=O)(c1ccccc1Cl)N1CCN(Cn2nccc2-c2ccncc2)CC1. The molecule has 28 heavy (non-hydrogen) atoms. The maximum absolute atomic E-state index is 12.9. The molecule has 3 heterocycles. The number of halogens is 1. The zero-order chi connectivity index (χ0) is 19.6. The van der Waals surface area contributed by atoms with Gasteiger partial charge in [0.2, 0.25) is 10.0 Å². The Morgan fingerprint density at radius 2 is 1.64 bits per heavy atom. The molecular weight excluding hydrogens is 398 g/mol. The monoisotopic (exact) mass is 417 g/mol. The van der Waals surface area contributed by atoms with Gasteiger partial charge in [0.25, 0.3) is 0 Å². The van der Waals surface area contributed by atoms with Gasteiger partial charge >= 0.3 is 0 Å². The van der Waals surface area contributed by atoms with Crippen molar-refractivity contribution in [3.05, 3.63) is 66.1 Å². The van der Waals surface area contributed by atoms with E-state index in [9.17, 15) is 8.42 Å². The molecule has 7 nitrogen and oxygen atoms in total. The van der Waals surface area contributed by atoms with Crippen molar-refractivity contribution >= 4 is 21.6 Å². The predicted octanol–water partition coefficient (Wildman–Crippen LogP) is 2.56. The quantitative estimate of drug-likeness (QED) is 0.638. The molecule has 1 aromatic carbocycles. The average Bonchev–Trinajstić information content (AvgIpc) is 3.17. The molecular formula is C19H20ClN5O2S. The Kier molecular flexibility index (Phi) is 5.45. The fraction of sp³-hybridized carbons (Fsp3) is 0.263. The zero-order valence-corrected chi connectivity index (χ0v) is 16.7. The van der Waals surface area contributed by atoms with Gasteiger partial charge in [-0.15, -0.1) is 0 Å². The number of sulfonamides is 1. The Morgan fingerprint density at radius 3 is 2.36 bits per heavy atom. The maximum atomic E-state index is 12.9. The van der Waals surface area contributed by atoms with Crippen LogP contribution in [0.2, 0.25) is 5.02 Å². The number of benzene rings is 1. The van der Waals surface area contributed by atoms with Crippen LogP contribution in [-0.4, -0.2) is 58.6 Å². The molecule has 4 rings (SSSR count). The Balaban J connectivity index is 1.43. The summed E-state index contributed by atoms with van der Waals surface area (Å²) in [6.07, 6.45) is 5.28. The second-order valence-electron chi connectivity index (χ2n) is 6.55. The predicted molar refractivity (Wildman–Crippen MR) is 107 cm³/mol. The van der Waals surface area contributed by atoms with E-state index in [2.05, 4.69) is 15.0 Å². The van der Waals surface area contributed by atoms with Gasteiger partial charge in [0, 0.05) is 50.3 Å². The lowest BCUT2D eigenvalue weighted by Crippen LogP contribution is -2.49. The molecule has 1 saturated heterocycles. The fourth-order valence-electron chi connectivity index (χ4n) is 3.31. The van der Waals surface area contributed by atoms with Crippen molar-refractivity contribution in [2.75, 3.05) is 26.2 Å². The number of aromatic nitrogens is 3. The van der Waals surface area contributed by atoms with Crippen LogP contribution in [0.25, 0.3) is 11.3 Å². The third-order valence-corrected chi connectivity index (χ3v) is 7.21. The van der Waals surface area contributed by atoms with Gasteiger partial charge in [0.1, 0.15) is 4.90 Å². The Bertz CT molecular complexity index is 1050. The van der Waals surface area contributed by atoms with Crippen molar-refractivity contribution in [2.24, 2.45) is 0 Å². The standard InChI is InChI=1S/C19H20ClN5O2S/c20-17-3-1-2-4-19(17)28(26,27)24-13-11-23(12-14-24)15-25-18(7-10-22-25)16-5-8-21-9-6-16/h1-10H,11-15H2. The summed E-state index contributed by atoms with van der Waals surface area (Å²) in [5.41, 5.74) is 2.06. The lowest BCUT2D eigenvalue weighted by atomic mass is 10.2. The van der Waals surface area contributed by atoms with Gasteiger partial charge in [-0.05, 0) is 30.3 Å². The number of pyridine rings is 1. The summed E-state index contributed by atoms with van der Waals surface area (Å²) in [5, 5.41) is 4.67. The second kappa shape index (κ2) is 8.00. The van der Waals surface area contributed by atoms with Crippen LogP contribution < -0.4 is 0 Å². The number of rotatable bonds is 5. The molecule has 1 aliphatic rings. The molecule has 0 amide bonds. The van der Waals surface area contributed by atoms with E-state index >= 15 is 0 Å². The molecule has 0 radical (unpaired) electrons. The molecule has 146 valence electrons. The molecule has 1 aliphatic heterocycles. The van der Waals surface area contributed by atoms with E-state index in [1.54, 1.807) is 42.9 Å². The second-order valence-corrected chi connectivity index (χ2v) is 8.86. The molecule has 0 saturated carbocycles. The minimum atomic E-state index is -3.58. The van der Waals surface area contributed by atoms with E-state index < -0.39 is 10.0 Å². The largest absolute Gasteiger partial charge is 0.282 e. The maximum Gasteiger partial charge on any atom is 0.244 e. The van der Waals surface area contributed by atoms with Crippen molar-refractivity contribution in [2.45, 2.75) is 11.6 Å². The third kappa shape index (κ3) is 3.81. The van der Waals surface area contributed by atoms with E-state index in [1.165, 1.54) is 4.31 Å². The first-order chi connectivity index (χ1) is 13.6. The van der Waals surface area contributed by atoms with Crippen LogP contribution >= 0.6 is 11.6 Å². The highest BCUT2D eigenvalue weighted by atomic mass is 35.5. The summed E-state index contributed by atoms with van der Waals surface area (Å²) >= 11 is 6.09. The minimum Gasteiger partial charge on any atom is -0.282 e. The van der Waals surface area contributed by atoms with Gasteiger partial charge in [-0.1, -0.05) is 23.7 Å². The van der Waals surface area contributed by atoms with Gasteiger partial charge in [-0.3, -0.25) is 14.6 Å². The highest BCUT2D eigenvalue weighted by Crippen LogP contribution is 2.25. The van der Waals surface area contributed by atoms with Crippen LogP contribution in [0.5, 0.6) is 0 Å². The first kappa shape index (κ1) is 19.1. The topological polar surface area (TPSA) is 71.3 Å². The molecule has 0 spiro atoms. The van der Waals surface area contributed by atoms with Crippen molar-refractivity contribution < 1.29 is 8.42 Å². The summed E-state index contributed by atoms with van der Waals surface area (Å²) < 4.78 is 29.2. The minimum absolute atomic E-state index is 0.164. The summed E-state index contributed by atoms with van der Waals surface area (Å²) in [7, 11) is -3.58. The highest BCUT2D eigenvalue weighted by molar-refractivity contribution is 7.89. The van der Waals surface area contributed by atoms with E-state index in [-0.39, 0.29) is 9.92 Å². The first-order valence-electron chi connectivity index (χ1n) is 8.95. The number of hydrogen-bond donors (Lipinski definition) is 0. The fourth-order valence-corrected chi connectivity index (χ4v) is 5.22. The van der Waals surface area contributed by atoms with Gasteiger partial charge < -0.3 is 0 Å². The summed E-state index contributed by atoms with van der Waals surface area (Å²) in [5.74, 6) is 0. The molecule has 1 fully saturated rings. The Labute approximate surface area is 169 Å².